The second-order valence-electron chi connectivity index (χ2n) is 3.67. The molecule has 0 unspecified atom stereocenters. The van der Waals surface area contributed by atoms with Gasteiger partial charge in [0.1, 0.15) is 0 Å². The van der Waals surface area contributed by atoms with Gasteiger partial charge >= 0.3 is 0 Å². The van der Waals surface area contributed by atoms with Crippen molar-refractivity contribution in [2.45, 2.75) is 11.3 Å². The molecule has 0 saturated heterocycles. The Kier molecular flexibility index (Phi) is 10.6. The van der Waals surface area contributed by atoms with Gasteiger partial charge < -0.3 is 10.6 Å². The molecule has 1 amide bonds. The zero-order chi connectivity index (χ0) is 13.4. The predicted molar refractivity (Wildman–Crippen MR) is 86.0 cm³/mol. The second kappa shape index (κ2) is 10.6. The fourth-order valence-corrected chi connectivity index (χ4v) is 2.60. The summed E-state index contributed by atoms with van der Waals surface area (Å²) in [5, 5.41) is 7.11. The number of benzene rings is 1. The van der Waals surface area contributed by atoms with Crippen molar-refractivity contribution in [3.05, 3.63) is 28.2 Å². The summed E-state index contributed by atoms with van der Waals surface area (Å²) < 4.78 is 0. The van der Waals surface area contributed by atoms with Crippen LogP contribution in [0.25, 0.3) is 0 Å². The quantitative estimate of drug-likeness (QED) is 0.590. The van der Waals surface area contributed by atoms with Crippen molar-refractivity contribution in [2.24, 2.45) is 0 Å². The molecule has 1 aromatic rings. The SMILES string of the molecule is CNCCCNC(=O)CSc1cc(Cl)ccc1Cl.Cl. The summed E-state index contributed by atoms with van der Waals surface area (Å²) in [5.41, 5.74) is 0. The average molecular weight is 344 g/mol. The number of amides is 1. The Hall–Kier alpha value is -0.130. The molecule has 1 rings (SSSR count). The number of hydrogen-bond donors (Lipinski definition) is 2. The normalized spacial score (nSPS) is 9.84. The van der Waals surface area contributed by atoms with Crippen LogP contribution in [0, 0.1) is 0 Å². The Morgan fingerprint density at radius 1 is 1.32 bits per heavy atom. The molecule has 0 atom stereocenters. The maximum atomic E-state index is 11.5. The Morgan fingerprint density at radius 2 is 2.05 bits per heavy atom. The van der Waals surface area contributed by atoms with Crippen LogP contribution in [0.1, 0.15) is 6.42 Å². The van der Waals surface area contributed by atoms with Gasteiger partial charge in [-0.1, -0.05) is 23.2 Å². The minimum absolute atomic E-state index is 0. The van der Waals surface area contributed by atoms with E-state index in [-0.39, 0.29) is 18.3 Å². The van der Waals surface area contributed by atoms with E-state index in [9.17, 15) is 4.79 Å². The summed E-state index contributed by atoms with van der Waals surface area (Å²) in [6.45, 7) is 1.58. The Balaban J connectivity index is 0.00000324. The fraction of sp³-hybridized carbons (Fsp3) is 0.417. The Bertz CT molecular complexity index is 405. The van der Waals surface area contributed by atoms with Gasteiger partial charge in [0.2, 0.25) is 5.91 Å². The van der Waals surface area contributed by atoms with Crippen molar-refractivity contribution < 1.29 is 4.79 Å². The van der Waals surface area contributed by atoms with Crippen molar-refractivity contribution >= 4 is 53.3 Å². The largest absolute Gasteiger partial charge is 0.355 e. The van der Waals surface area contributed by atoms with Gasteiger partial charge in [0, 0.05) is 16.5 Å². The molecule has 7 heteroatoms. The molecule has 0 saturated carbocycles. The van der Waals surface area contributed by atoms with Crippen molar-refractivity contribution in [1.29, 1.82) is 0 Å². The van der Waals surface area contributed by atoms with Gasteiger partial charge in [0.25, 0.3) is 0 Å². The van der Waals surface area contributed by atoms with Crippen molar-refractivity contribution in [1.82, 2.24) is 10.6 Å². The monoisotopic (exact) mass is 342 g/mol. The maximum absolute atomic E-state index is 11.5. The third-order valence-electron chi connectivity index (χ3n) is 2.18. The predicted octanol–water partition coefficient (Wildman–Crippen LogP) is 3.23. The van der Waals surface area contributed by atoms with Crippen LogP contribution in [0.15, 0.2) is 23.1 Å². The standard InChI is InChI=1S/C12H16Cl2N2OS.ClH/c1-15-5-2-6-16-12(17)8-18-11-7-9(13)3-4-10(11)14;/h3-4,7,15H,2,5-6,8H2,1H3,(H,16,17);1H. The van der Waals surface area contributed by atoms with Crippen LogP contribution in [0.5, 0.6) is 0 Å². The van der Waals surface area contributed by atoms with E-state index in [0.29, 0.717) is 22.3 Å². The van der Waals surface area contributed by atoms with Gasteiger partial charge in [0.05, 0.1) is 10.8 Å². The molecule has 108 valence electrons. The van der Waals surface area contributed by atoms with Crippen molar-refractivity contribution in [3.63, 3.8) is 0 Å². The zero-order valence-corrected chi connectivity index (χ0v) is 13.7. The van der Waals surface area contributed by atoms with E-state index in [2.05, 4.69) is 10.6 Å². The first-order valence-electron chi connectivity index (χ1n) is 5.62. The summed E-state index contributed by atoms with van der Waals surface area (Å²) >= 11 is 13.3. The molecule has 2 N–H and O–H groups in total. The Morgan fingerprint density at radius 3 is 2.74 bits per heavy atom. The molecule has 3 nitrogen and oxygen atoms in total. The van der Waals surface area contributed by atoms with E-state index >= 15 is 0 Å². The first-order chi connectivity index (χ1) is 8.63. The van der Waals surface area contributed by atoms with Gasteiger partial charge in [0.15, 0.2) is 0 Å². The highest BCUT2D eigenvalue weighted by molar-refractivity contribution is 8.00. The molecular formula is C12H17Cl3N2OS. The van der Waals surface area contributed by atoms with E-state index < -0.39 is 0 Å². The smallest absolute Gasteiger partial charge is 0.230 e. The summed E-state index contributed by atoms with van der Waals surface area (Å²) in [4.78, 5) is 12.4. The van der Waals surface area contributed by atoms with Crippen molar-refractivity contribution in [2.75, 3.05) is 25.9 Å². The molecular weight excluding hydrogens is 327 g/mol. The molecule has 19 heavy (non-hydrogen) atoms. The maximum Gasteiger partial charge on any atom is 0.230 e. The highest BCUT2D eigenvalue weighted by Gasteiger charge is 2.06. The van der Waals surface area contributed by atoms with Crippen LogP contribution in [-0.2, 0) is 4.79 Å². The molecule has 1 aromatic carbocycles. The van der Waals surface area contributed by atoms with Gasteiger partial charge in [-0.25, -0.2) is 0 Å². The average Bonchev–Trinajstić information content (AvgIpc) is 2.36. The highest BCUT2D eigenvalue weighted by Crippen LogP contribution is 2.29. The summed E-state index contributed by atoms with van der Waals surface area (Å²) in [7, 11) is 1.89. The molecule has 0 bridgehead atoms. The van der Waals surface area contributed by atoms with Crippen LogP contribution in [-0.4, -0.2) is 31.8 Å². The second-order valence-corrected chi connectivity index (χ2v) is 5.53. The van der Waals surface area contributed by atoms with Gasteiger partial charge in [-0.05, 0) is 38.2 Å². The number of nitrogens with one attached hydrogen (secondary N) is 2. The first-order valence-corrected chi connectivity index (χ1v) is 7.37. The third kappa shape index (κ3) is 7.90. The minimum atomic E-state index is 0. The molecule has 0 aliphatic carbocycles. The van der Waals surface area contributed by atoms with Crippen LogP contribution in [0.2, 0.25) is 10.0 Å². The Labute approximate surface area is 134 Å². The molecule has 0 aromatic heterocycles. The van der Waals surface area contributed by atoms with Gasteiger partial charge in [-0.3, -0.25) is 4.79 Å². The molecule has 0 aliphatic rings. The lowest BCUT2D eigenvalue weighted by atomic mass is 10.4. The molecule has 0 aliphatic heterocycles. The van der Waals surface area contributed by atoms with E-state index in [1.54, 1.807) is 18.2 Å². The van der Waals surface area contributed by atoms with Gasteiger partial charge in [-0.15, -0.1) is 24.2 Å². The summed E-state index contributed by atoms with van der Waals surface area (Å²) in [6.07, 6.45) is 0.921. The highest BCUT2D eigenvalue weighted by atomic mass is 35.5. The van der Waals surface area contributed by atoms with Crippen molar-refractivity contribution in [3.8, 4) is 0 Å². The van der Waals surface area contributed by atoms with E-state index in [1.807, 2.05) is 7.05 Å². The summed E-state index contributed by atoms with van der Waals surface area (Å²) in [6, 6.07) is 5.23. The number of rotatable bonds is 7. The van der Waals surface area contributed by atoms with Crippen LogP contribution in [0.4, 0.5) is 0 Å². The number of carbonyl (C=O) groups excluding carboxylic acids is 1. The molecule has 0 fully saturated rings. The lowest BCUT2D eigenvalue weighted by Crippen LogP contribution is -2.27. The molecule has 0 radical (unpaired) electrons. The fourth-order valence-electron chi connectivity index (χ4n) is 1.28. The number of thioether (sulfide) groups is 1. The van der Waals surface area contributed by atoms with Crippen LogP contribution >= 0.6 is 47.4 Å². The third-order valence-corrected chi connectivity index (χ3v) is 3.91. The number of hydrogen-bond acceptors (Lipinski definition) is 3. The summed E-state index contributed by atoms with van der Waals surface area (Å²) in [5.74, 6) is 0.353. The zero-order valence-electron chi connectivity index (χ0n) is 10.5. The van der Waals surface area contributed by atoms with E-state index in [4.69, 9.17) is 23.2 Å². The van der Waals surface area contributed by atoms with Crippen LogP contribution < -0.4 is 10.6 Å². The lowest BCUT2D eigenvalue weighted by molar-refractivity contribution is -0.118. The number of halogens is 3. The van der Waals surface area contributed by atoms with E-state index in [0.717, 1.165) is 17.9 Å². The topological polar surface area (TPSA) is 41.1 Å². The molecule has 0 heterocycles. The van der Waals surface area contributed by atoms with Gasteiger partial charge in [-0.2, -0.15) is 0 Å². The van der Waals surface area contributed by atoms with E-state index in [1.165, 1.54) is 11.8 Å². The van der Waals surface area contributed by atoms with Crippen LogP contribution in [0.3, 0.4) is 0 Å². The lowest BCUT2D eigenvalue weighted by Gasteiger charge is -2.06. The molecule has 0 spiro atoms. The minimum Gasteiger partial charge on any atom is -0.355 e. The first kappa shape index (κ1) is 18.9. The number of carbonyl (C=O) groups is 1.